The van der Waals surface area contributed by atoms with E-state index < -0.39 is 18.3 Å². The number of nitrogens with zero attached hydrogens (tertiary/aromatic N) is 5. The molecule has 10 nitrogen and oxygen atoms in total. The summed E-state index contributed by atoms with van der Waals surface area (Å²) in [6.07, 6.45) is 3.21. The van der Waals surface area contributed by atoms with Gasteiger partial charge in [0.2, 0.25) is 5.79 Å². The zero-order valence-electron chi connectivity index (χ0n) is 15.6. The highest BCUT2D eigenvalue weighted by Crippen LogP contribution is 2.32. The maximum Gasteiger partial charge on any atom is 0.274 e. The topological polar surface area (TPSA) is 141 Å². The van der Waals surface area contributed by atoms with Gasteiger partial charge < -0.3 is 15.4 Å². The zero-order chi connectivity index (χ0) is 21.0. The first-order chi connectivity index (χ1) is 14.6. The molecule has 0 saturated heterocycles. The highest BCUT2D eigenvalue weighted by atomic mass is 32.2. The molecule has 0 radical (unpaired) electrons. The predicted molar refractivity (Wildman–Crippen MR) is 114 cm³/mol. The normalized spacial score (nSPS) is 17.9. The van der Waals surface area contributed by atoms with E-state index in [2.05, 4.69) is 40.2 Å². The van der Waals surface area contributed by atoms with Gasteiger partial charge in [0.1, 0.15) is 23.7 Å². The van der Waals surface area contributed by atoms with Gasteiger partial charge in [-0.25, -0.2) is 14.7 Å². The lowest BCUT2D eigenvalue weighted by atomic mass is 10.3. The smallest absolute Gasteiger partial charge is 0.274 e. The predicted octanol–water partition coefficient (Wildman–Crippen LogP) is 1.86. The first-order valence-electron chi connectivity index (χ1n) is 8.62. The molecule has 1 atom stereocenters. The molecule has 3 aromatic heterocycles. The van der Waals surface area contributed by atoms with Crippen LogP contribution in [0.25, 0.3) is 0 Å². The van der Waals surface area contributed by atoms with Crippen molar-refractivity contribution < 1.29 is 9.90 Å². The van der Waals surface area contributed by atoms with Gasteiger partial charge in [-0.15, -0.1) is 10.2 Å². The molecule has 4 N–H and O–H groups in total. The van der Waals surface area contributed by atoms with Gasteiger partial charge in [-0.1, -0.05) is 11.8 Å². The fourth-order valence-corrected chi connectivity index (χ4v) is 4.58. The number of nitrogens with one attached hydrogen (secondary N) is 3. The first kappa shape index (κ1) is 20.8. The van der Waals surface area contributed by atoms with Crippen molar-refractivity contribution in [3.8, 4) is 0 Å². The minimum atomic E-state index is -1.29. The zero-order valence-corrected chi connectivity index (χ0v) is 18.0. The summed E-state index contributed by atoms with van der Waals surface area (Å²) in [5, 5.41) is 21.2. The molecular formula is C17H16N8O2S3. The summed E-state index contributed by atoms with van der Waals surface area (Å²) in [5.74, 6) is -1.76. The van der Waals surface area contributed by atoms with Gasteiger partial charge in [-0.2, -0.15) is 0 Å². The van der Waals surface area contributed by atoms with Gasteiger partial charge >= 0.3 is 0 Å². The summed E-state index contributed by atoms with van der Waals surface area (Å²) in [4.78, 5) is 30.5. The summed E-state index contributed by atoms with van der Waals surface area (Å²) < 4.78 is 2.89. The Labute approximate surface area is 184 Å². The van der Waals surface area contributed by atoms with Crippen LogP contribution < -0.4 is 10.0 Å². The van der Waals surface area contributed by atoms with Gasteiger partial charge in [-0.3, -0.25) is 9.78 Å². The van der Waals surface area contributed by atoms with Gasteiger partial charge in [0.15, 0.2) is 5.16 Å². The van der Waals surface area contributed by atoms with E-state index in [1.54, 1.807) is 12.3 Å². The summed E-state index contributed by atoms with van der Waals surface area (Å²) in [7, 11) is 0. The van der Waals surface area contributed by atoms with E-state index >= 15 is 0 Å². The number of amides is 1. The average Bonchev–Trinajstić information content (AvgIpc) is 3.43. The number of H-pyrrole nitrogens is 1. The molecule has 0 aliphatic carbocycles. The molecule has 1 aliphatic rings. The van der Waals surface area contributed by atoms with Gasteiger partial charge in [0, 0.05) is 21.7 Å². The van der Waals surface area contributed by atoms with Crippen LogP contribution in [0, 0.1) is 6.92 Å². The van der Waals surface area contributed by atoms with Gasteiger partial charge in [0.05, 0.1) is 5.55 Å². The number of carbonyl (C=O) groups excluding carboxylic acids is 1. The van der Waals surface area contributed by atoms with Gasteiger partial charge in [-0.05, 0) is 54.9 Å². The molecule has 1 amide bonds. The Balaban J connectivity index is 1.65. The maximum absolute atomic E-state index is 13.1. The second kappa shape index (κ2) is 9.14. The van der Waals surface area contributed by atoms with Crippen LogP contribution in [0.3, 0.4) is 0 Å². The summed E-state index contributed by atoms with van der Waals surface area (Å²) in [6, 6.07) is 7.45. The van der Waals surface area contributed by atoms with E-state index in [1.165, 1.54) is 47.3 Å². The van der Waals surface area contributed by atoms with Crippen LogP contribution in [0.4, 0.5) is 0 Å². The van der Waals surface area contributed by atoms with Crippen molar-refractivity contribution in [2.75, 3.05) is 6.61 Å². The number of aliphatic imine (C=N–C) groups is 1. The SMILES string of the molecule is Cc1ccc(Sc2ccc(Sc3nnc[nH]3)nc2C(=O)NC2(CO)N=CSN2)cn1. The Morgan fingerprint density at radius 3 is 2.87 bits per heavy atom. The highest BCUT2D eigenvalue weighted by Gasteiger charge is 2.34. The van der Waals surface area contributed by atoms with Crippen molar-refractivity contribution >= 4 is 46.9 Å². The van der Waals surface area contributed by atoms with E-state index in [0.717, 1.165) is 10.6 Å². The first-order valence-corrected chi connectivity index (χ1v) is 11.1. The van der Waals surface area contributed by atoms with E-state index in [-0.39, 0.29) is 5.69 Å². The maximum atomic E-state index is 13.1. The quantitative estimate of drug-likeness (QED) is 0.386. The van der Waals surface area contributed by atoms with Crippen LogP contribution in [-0.4, -0.2) is 54.1 Å². The number of carbonyl (C=O) groups is 1. The molecule has 0 fully saturated rings. The molecule has 1 aliphatic heterocycles. The Morgan fingerprint density at radius 1 is 1.30 bits per heavy atom. The second-order valence-corrected chi connectivity index (χ2v) is 8.83. The van der Waals surface area contributed by atoms with Crippen LogP contribution in [0.2, 0.25) is 0 Å². The Hall–Kier alpha value is -2.45. The summed E-state index contributed by atoms with van der Waals surface area (Å²) >= 11 is 3.81. The largest absolute Gasteiger partial charge is 0.390 e. The lowest BCUT2D eigenvalue weighted by Crippen LogP contribution is -2.56. The number of hydrogen-bond donors (Lipinski definition) is 4. The standard InChI is InChI=1S/C17H16N8O2S3/c1-10-2-3-11(6-18-10)29-12-4-5-13(30-16-19-8-21-24-16)22-14(12)15(27)23-17(7-26)20-9-28-25-17/h2-6,8-9,25-26H,7H2,1H3,(H,23,27)(H,19,21,24). The number of aliphatic hydroxyl groups excluding tert-OH is 1. The number of rotatable bonds is 7. The third-order valence-electron chi connectivity index (χ3n) is 3.86. The third kappa shape index (κ3) is 4.82. The molecule has 30 heavy (non-hydrogen) atoms. The second-order valence-electron chi connectivity index (χ2n) is 6.06. The number of aliphatic hydroxyl groups is 1. The van der Waals surface area contributed by atoms with Crippen molar-refractivity contribution in [1.29, 1.82) is 0 Å². The molecule has 13 heteroatoms. The van der Waals surface area contributed by atoms with Crippen molar-refractivity contribution in [1.82, 2.24) is 35.2 Å². The minimum Gasteiger partial charge on any atom is -0.390 e. The van der Waals surface area contributed by atoms with Gasteiger partial charge in [0.25, 0.3) is 5.91 Å². The molecule has 3 aromatic rings. The number of hydrogen-bond acceptors (Lipinski definition) is 11. The lowest BCUT2D eigenvalue weighted by Gasteiger charge is -2.24. The molecule has 0 spiro atoms. The molecule has 4 heterocycles. The summed E-state index contributed by atoms with van der Waals surface area (Å²) in [6.45, 7) is 1.50. The van der Waals surface area contributed by atoms with Crippen molar-refractivity contribution in [3.05, 3.63) is 48.2 Å². The molecule has 0 bridgehead atoms. The lowest BCUT2D eigenvalue weighted by molar-refractivity contribution is 0.0827. The fourth-order valence-electron chi connectivity index (χ4n) is 2.40. The van der Waals surface area contributed by atoms with Crippen molar-refractivity contribution in [3.63, 3.8) is 0 Å². The monoisotopic (exact) mass is 460 g/mol. The van der Waals surface area contributed by atoms with Crippen LogP contribution in [0.15, 0.2) is 61.8 Å². The number of aryl methyl sites for hydroxylation is 1. The molecule has 4 rings (SSSR count). The third-order valence-corrected chi connectivity index (χ3v) is 6.38. The average molecular weight is 461 g/mol. The van der Waals surface area contributed by atoms with Crippen LogP contribution in [-0.2, 0) is 0 Å². The summed E-state index contributed by atoms with van der Waals surface area (Å²) in [5.41, 5.74) is 2.63. The fraction of sp³-hybridized carbons (Fsp3) is 0.176. The number of aromatic nitrogens is 5. The molecular weight excluding hydrogens is 444 g/mol. The highest BCUT2D eigenvalue weighted by molar-refractivity contribution is 8.10. The van der Waals surface area contributed by atoms with E-state index in [1.807, 2.05) is 25.1 Å². The Kier molecular flexibility index (Phi) is 6.34. The Bertz CT molecular complexity index is 1060. The van der Waals surface area contributed by atoms with Crippen LogP contribution in [0.1, 0.15) is 16.2 Å². The number of aromatic amines is 1. The van der Waals surface area contributed by atoms with Crippen molar-refractivity contribution in [2.24, 2.45) is 4.99 Å². The van der Waals surface area contributed by atoms with E-state index in [9.17, 15) is 9.90 Å². The minimum absolute atomic E-state index is 0.201. The Morgan fingerprint density at radius 2 is 2.20 bits per heavy atom. The van der Waals surface area contributed by atoms with Crippen LogP contribution in [0.5, 0.6) is 0 Å². The van der Waals surface area contributed by atoms with Crippen LogP contribution >= 0.6 is 35.5 Å². The molecule has 1 unspecified atom stereocenters. The van der Waals surface area contributed by atoms with E-state index in [0.29, 0.717) is 15.1 Å². The molecule has 154 valence electrons. The van der Waals surface area contributed by atoms with Crippen molar-refractivity contribution in [2.45, 2.75) is 32.7 Å². The van der Waals surface area contributed by atoms with E-state index in [4.69, 9.17) is 0 Å². The molecule has 0 saturated carbocycles. The number of pyridine rings is 2. The molecule has 0 aromatic carbocycles.